The van der Waals surface area contributed by atoms with Crippen LogP contribution in [-0.4, -0.2) is 29.1 Å². The number of aromatic nitrogens is 1. The zero-order valence-electron chi connectivity index (χ0n) is 9.41. The Morgan fingerprint density at radius 2 is 2.17 bits per heavy atom. The molecule has 0 aliphatic carbocycles. The Morgan fingerprint density at radius 1 is 1.39 bits per heavy atom. The minimum atomic E-state index is -1.02. The monoisotopic (exact) mass is 263 g/mol. The van der Waals surface area contributed by atoms with Gasteiger partial charge in [0, 0.05) is 17.1 Å². The van der Waals surface area contributed by atoms with Gasteiger partial charge in [0.05, 0.1) is 18.4 Å². The summed E-state index contributed by atoms with van der Waals surface area (Å²) < 4.78 is 4.61. The standard InChI is InChI=1S/C12H9NO4S/c1-17-12(16)10-4-8(6-18-10)9-3-2-7(5-13-9)11(14)15/h2-6H,1H3,(H,14,15). The van der Waals surface area contributed by atoms with E-state index in [9.17, 15) is 9.59 Å². The predicted molar refractivity (Wildman–Crippen MR) is 65.8 cm³/mol. The number of rotatable bonds is 3. The lowest BCUT2D eigenvalue weighted by Crippen LogP contribution is -1.97. The van der Waals surface area contributed by atoms with Gasteiger partial charge < -0.3 is 9.84 Å². The Hall–Kier alpha value is -2.21. The van der Waals surface area contributed by atoms with Crippen LogP contribution in [0.25, 0.3) is 11.3 Å². The van der Waals surface area contributed by atoms with Gasteiger partial charge in [-0.05, 0) is 18.2 Å². The van der Waals surface area contributed by atoms with Gasteiger partial charge in [-0.1, -0.05) is 0 Å². The van der Waals surface area contributed by atoms with Crippen molar-refractivity contribution >= 4 is 23.3 Å². The molecule has 1 N–H and O–H groups in total. The van der Waals surface area contributed by atoms with Crippen molar-refractivity contribution in [2.45, 2.75) is 0 Å². The zero-order valence-corrected chi connectivity index (χ0v) is 10.2. The molecule has 6 heteroatoms. The lowest BCUT2D eigenvalue weighted by Gasteiger charge is -1.97. The smallest absolute Gasteiger partial charge is 0.348 e. The van der Waals surface area contributed by atoms with Crippen molar-refractivity contribution in [1.29, 1.82) is 0 Å². The molecule has 0 aliphatic rings. The number of methoxy groups -OCH3 is 1. The SMILES string of the molecule is COC(=O)c1cc(-c2ccc(C(=O)O)cn2)cs1. The third-order valence-corrected chi connectivity index (χ3v) is 3.20. The molecule has 0 atom stereocenters. The van der Waals surface area contributed by atoms with Crippen LogP contribution in [0.2, 0.25) is 0 Å². The van der Waals surface area contributed by atoms with Gasteiger partial charge in [0.25, 0.3) is 0 Å². The largest absolute Gasteiger partial charge is 0.478 e. The number of aromatic carboxylic acids is 1. The fraction of sp³-hybridized carbons (Fsp3) is 0.0833. The Bertz CT molecular complexity index is 588. The van der Waals surface area contributed by atoms with Crippen LogP contribution in [0.4, 0.5) is 0 Å². The minimum Gasteiger partial charge on any atom is -0.478 e. The van der Waals surface area contributed by atoms with Crippen LogP contribution < -0.4 is 0 Å². The predicted octanol–water partition coefficient (Wildman–Crippen LogP) is 2.29. The molecule has 5 nitrogen and oxygen atoms in total. The highest BCUT2D eigenvalue weighted by molar-refractivity contribution is 7.12. The molecule has 2 aromatic heterocycles. The molecule has 0 bridgehead atoms. The number of thiophene rings is 1. The molecule has 2 heterocycles. The van der Waals surface area contributed by atoms with Crippen LogP contribution in [0.15, 0.2) is 29.8 Å². The van der Waals surface area contributed by atoms with Crippen molar-refractivity contribution in [3.8, 4) is 11.3 Å². The number of hydrogen-bond acceptors (Lipinski definition) is 5. The van der Waals surface area contributed by atoms with Crippen molar-refractivity contribution in [3.63, 3.8) is 0 Å². The van der Waals surface area contributed by atoms with Crippen LogP contribution >= 0.6 is 11.3 Å². The quantitative estimate of drug-likeness (QED) is 0.860. The van der Waals surface area contributed by atoms with E-state index in [1.54, 1.807) is 17.5 Å². The molecule has 18 heavy (non-hydrogen) atoms. The molecule has 0 saturated heterocycles. The van der Waals surface area contributed by atoms with Gasteiger partial charge in [0.2, 0.25) is 0 Å². The fourth-order valence-corrected chi connectivity index (χ4v) is 2.19. The molecule has 0 spiro atoms. The fourth-order valence-electron chi connectivity index (χ4n) is 1.37. The highest BCUT2D eigenvalue weighted by Gasteiger charge is 2.11. The maximum Gasteiger partial charge on any atom is 0.348 e. The van der Waals surface area contributed by atoms with E-state index >= 15 is 0 Å². The molecule has 0 amide bonds. The highest BCUT2D eigenvalue weighted by atomic mass is 32.1. The molecular formula is C12H9NO4S. The number of carboxylic acids is 1. The summed E-state index contributed by atoms with van der Waals surface area (Å²) in [6, 6.07) is 4.74. The molecular weight excluding hydrogens is 254 g/mol. The summed E-state index contributed by atoms with van der Waals surface area (Å²) in [5, 5.41) is 10.5. The number of carboxylic acid groups (broad SMARTS) is 1. The first kappa shape index (κ1) is 12.3. The van der Waals surface area contributed by atoms with E-state index < -0.39 is 11.9 Å². The number of carbonyl (C=O) groups is 2. The van der Waals surface area contributed by atoms with Crippen molar-refractivity contribution < 1.29 is 19.4 Å². The van der Waals surface area contributed by atoms with E-state index in [2.05, 4.69) is 9.72 Å². The summed E-state index contributed by atoms with van der Waals surface area (Å²) in [5.74, 6) is -1.41. The Kier molecular flexibility index (Phi) is 3.38. The first-order valence-electron chi connectivity index (χ1n) is 4.98. The molecule has 2 rings (SSSR count). The molecule has 0 fully saturated rings. The molecule has 0 aromatic carbocycles. The van der Waals surface area contributed by atoms with Crippen molar-refractivity contribution in [2.24, 2.45) is 0 Å². The number of hydrogen-bond donors (Lipinski definition) is 1. The first-order chi connectivity index (χ1) is 8.61. The zero-order chi connectivity index (χ0) is 13.1. The lowest BCUT2D eigenvalue weighted by atomic mass is 10.2. The summed E-state index contributed by atoms with van der Waals surface area (Å²) in [4.78, 5) is 26.5. The second kappa shape index (κ2) is 4.97. The summed E-state index contributed by atoms with van der Waals surface area (Å²) in [7, 11) is 1.32. The van der Waals surface area contributed by atoms with Gasteiger partial charge in [0.1, 0.15) is 4.88 Å². The highest BCUT2D eigenvalue weighted by Crippen LogP contribution is 2.24. The summed E-state index contributed by atoms with van der Waals surface area (Å²) >= 11 is 1.26. The third kappa shape index (κ3) is 2.38. The summed E-state index contributed by atoms with van der Waals surface area (Å²) in [6.45, 7) is 0. The van der Waals surface area contributed by atoms with Crippen LogP contribution in [0, 0.1) is 0 Å². The minimum absolute atomic E-state index is 0.127. The van der Waals surface area contributed by atoms with Gasteiger partial charge in [0.15, 0.2) is 0 Å². The number of carbonyl (C=O) groups excluding carboxylic acids is 1. The van der Waals surface area contributed by atoms with Gasteiger partial charge in [-0.15, -0.1) is 11.3 Å². The van der Waals surface area contributed by atoms with Crippen LogP contribution in [0.1, 0.15) is 20.0 Å². The maximum atomic E-state index is 11.3. The van der Waals surface area contributed by atoms with E-state index in [1.807, 2.05) is 0 Å². The molecule has 92 valence electrons. The van der Waals surface area contributed by atoms with E-state index in [4.69, 9.17) is 5.11 Å². The number of nitrogens with zero attached hydrogens (tertiary/aromatic N) is 1. The number of esters is 1. The Morgan fingerprint density at radius 3 is 2.72 bits per heavy atom. The van der Waals surface area contributed by atoms with Gasteiger partial charge in [-0.3, -0.25) is 4.98 Å². The first-order valence-corrected chi connectivity index (χ1v) is 5.86. The van der Waals surface area contributed by atoms with Crippen LogP contribution in [0.3, 0.4) is 0 Å². The second-order valence-electron chi connectivity index (χ2n) is 3.43. The number of pyridine rings is 1. The lowest BCUT2D eigenvalue weighted by molar-refractivity contribution is 0.0605. The van der Waals surface area contributed by atoms with Crippen molar-refractivity contribution in [1.82, 2.24) is 4.98 Å². The average Bonchev–Trinajstić information content (AvgIpc) is 2.87. The van der Waals surface area contributed by atoms with Crippen molar-refractivity contribution in [2.75, 3.05) is 7.11 Å². The van der Waals surface area contributed by atoms with E-state index in [0.29, 0.717) is 10.6 Å². The van der Waals surface area contributed by atoms with Crippen LogP contribution in [-0.2, 0) is 4.74 Å². The second-order valence-corrected chi connectivity index (χ2v) is 4.34. The Labute approximate surface area is 107 Å². The van der Waals surface area contributed by atoms with E-state index in [1.165, 1.54) is 30.7 Å². The maximum absolute atomic E-state index is 11.3. The molecule has 0 aliphatic heterocycles. The van der Waals surface area contributed by atoms with Gasteiger partial charge in [-0.25, -0.2) is 9.59 Å². The van der Waals surface area contributed by atoms with Crippen LogP contribution in [0.5, 0.6) is 0 Å². The number of ether oxygens (including phenoxy) is 1. The summed E-state index contributed by atoms with van der Waals surface area (Å²) in [6.07, 6.45) is 1.28. The molecule has 0 radical (unpaired) electrons. The molecule has 0 saturated carbocycles. The topological polar surface area (TPSA) is 76.5 Å². The molecule has 2 aromatic rings. The van der Waals surface area contributed by atoms with E-state index in [-0.39, 0.29) is 5.56 Å². The van der Waals surface area contributed by atoms with E-state index in [0.717, 1.165) is 5.56 Å². The molecule has 0 unspecified atom stereocenters. The normalized spacial score (nSPS) is 10.1. The summed E-state index contributed by atoms with van der Waals surface area (Å²) in [5.41, 5.74) is 1.51. The van der Waals surface area contributed by atoms with Gasteiger partial charge >= 0.3 is 11.9 Å². The van der Waals surface area contributed by atoms with Crippen molar-refractivity contribution in [3.05, 3.63) is 40.2 Å². The van der Waals surface area contributed by atoms with Gasteiger partial charge in [-0.2, -0.15) is 0 Å². The average molecular weight is 263 g/mol. The third-order valence-electron chi connectivity index (χ3n) is 2.29. The Balaban J connectivity index is 2.29.